The first kappa shape index (κ1) is 14.0. The van der Waals surface area contributed by atoms with Gasteiger partial charge in [-0.2, -0.15) is 0 Å². The summed E-state index contributed by atoms with van der Waals surface area (Å²) in [5.74, 6) is 0.0354. The number of aromatic nitrogens is 1. The van der Waals surface area contributed by atoms with Crippen LogP contribution in [0.4, 0.5) is 5.69 Å². The van der Waals surface area contributed by atoms with Crippen LogP contribution in [0.25, 0.3) is 10.9 Å². The third kappa shape index (κ3) is 3.56. The molecule has 1 fully saturated rings. The number of amides is 1. The van der Waals surface area contributed by atoms with Crippen molar-refractivity contribution in [2.75, 3.05) is 38.0 Å². The number of nitrogens with zero attached hydrogens (tertiary/aromatic N) is 2. The number of anilines is 1. The summed E-state index contributed by atoms with van der Waals surface area (Å²) in [5.41, 5.74) is 1.73. The van der Waals surface area contributed by atoms with Crippen molar-refractivity contribution in [1.29, 1.82) is 0 Å². The molecular formula is C16H20N4O. The average Bonchev–Trinajstić information content (AvgIpc) is 2.76. The lowest BCUT2D eigenvalue weighted by Gasteiger charge is -2.19. The molecule has 110 valence electrons. The van der Waals surface area contributed by atoms with Crippen LogP contribution in [0, 0.1) is 0 Å². The Morgan fingerprint density at radius 3 is 3.14 bits per heavy atom. The van der Waals surface area contributed by atoms with Crippen molar-refractivity contribution in [3.63, 3.8) is 0 Å². The predicted molar refractivity (Wildman–Crippen MR) is 84.3 cm³/mol. The van der Waals surface area contributed by atoms with Gasteiger partial charge in [0.1, 0.15) is 0 Å². The minimum absolute atomic E-state index is 0.0354. The number of nitrogens with one attached hydrogen (secondary N) is 2. The van der Waals surface area contributed by atoms with E-state index < -0.39 is 0 Å². The van der Waals surface area contributed by atoms with E-state index >= 15 is 0 Å². The predicted octanol–water partition coefficient (Wildman–Crippen LogP) is 1.47. The zero-order valence-electron chi connectivity index (χ0n) is 12.0. The second-order valence-corrected chi connectivity index (χ2v) is 5.30. The van der Waals surface area contributed by atoms with Gasteiger partial charge in [-0.15, -0.1) is 0 Å². The Balaban J connectivity index is 1.68. The van der Waals surface area contributed by atoms with Gasteiger partial charge in [-0.1, -0.05) is 6.07 Å². The van der Waals surface area contributed by atoms with Crippen LogP contribution in [0.2, 0.25) is 0 Å². The third-order valence-electron chi connectivity index (χ3n) is 3.72. The molecule has 21 heavy (non-hydrogen) atoms. The number of rotatable bonds is 3. The van der Waals surface area contributed by atoms with Gasteiger partial charge >= 0.3 is 0 Å². The molecule has 0 atom stereocenters. The van der Waals surface area contributed by atoms with Crippen molar-refractivity contribution in [2.24, 2.45) is 0 Å². The first-order chi connectivity index (χ1) is 10.3. The van der Waals surface area contributed by atoms with Crippen LogP contribution in [0.1, 0.15) is 6.42 Å². The maximum absolute atomic E-state index is 12.2. The maximum atomic E-state index is 12.2. The van der Waals surface area contributed by atoms with Crippen LogP contribution in [0.5, 0.6) is 0 Å². The van der Waals surface area contributed by atoms with Gasteiger partial charge in [0.05, 0.1) is 17.7 Å². The lowest BCUT2D eigenvalue weighted by Crippen LogP contribution is -2.35. The van der Waals surface area contributed by atoms with Crippen LogP contribution in [0.3, 0.4) is 0 Å². The quantitative estimate of drug-likeness (QED) is 0.896. The van der Waals surface area contributed by atoms with Crippen LogP contribution < -0.4 is 10.6 Å². The molecule has 2 aromatic rings. The van der Waals surface area contributed by atoms with Gasteiger partial charge in [0, 0.05) is 24.7 Å². The monoisotopic (exact) mass is 284 g/mol. The van der Waals surface area contributed by atoms with E-state index in [0.29, 0.717) is 6.54 Å². The summed E-state index contributed by atoms with van der Waals surface area (Å²) in [5, 5.41) is 7.33. The van der Waals surface area contributed by atoms with Crippen LogP contribution in [-0.2, 0) is 4.79 Å². The molecule has 2 heterocycles. The molecule has 1 aliphatic rings. The van der Waals surface area contributed by atoms with Gasteiger partial charge in [-0.25, -0.2) is 0 Å². The smallest absolute Gasteiger partial charge is 0.238 e. The fourth-order valence-electron chi connectivity index (χ4n) is 2.66. The second kappa shape index (κ2) is 6.65. The van der Waals surface area contributed by atoms with Crippen molar-refractivity contribution in [2.45, 2.75) is 6.42 Å². The molecule has 1 aromatic heterocycles. The summed E-state index contributed by atoms with van der Waals surface area (Å²) >= 11 is 0. The highest BCUT2D eigenvalue weighted by Crippen LogP contribution is 2.21. The molecule has 1 aromatic carbocycles. The molecule has 2 N–H and O–H groups in total. The zero-order chi connectivity index (χ0) is 14.5. The highest BCUT2D eigenvalue weighted by molar-refractivity contribution is 6.01. The summed E-state index contributed by atoms with van der Waals surface area (Å²) < 4.78 is 0. The Morgan fingerprint density at radius 2 is 2.19 bits per heavy atom. The average molecular weight is 284 g/mol. The van der Waals surface area contributed by atoms with Gasteiger partial charge in [-0.05, 0) is 43.8 Å². The minimum atomic E-state index is 0.0354. The van der Waals surface area contributed by atoms with Crippen LogP contribution in [-0.4, -0.2) is 48.5 Å². The van der Waals surface area contributed by atoms with E-state index in [1.165, 1.54) is 0 Å². The van der Waals surface area contributed by atoms with Crippen molar-refractivity contribution in [3.8, 4) is 0 Å². The normalized spacial score (nSPS) is 16.6. The molecule has 1 amide bonds. The molecule has 5 nitrogen and oxygen atoms in total. The molecule has 5 heteroatoms. The highest BCUT2D eigenvalue weighted by atomic mass is 16.2. The second-order valence-electron chi connectivity index (χ2n) is 5.30. The molecule has 0 aliphatic carbocycles. The zero-order valence-corrected chi connectivity index (χ0v) is 12.0. The molecule has 3 rings (SSSR count). The molecule has 0 unspecified atom stereocenters. The molecule has 1 aliphatic heterocycles. The van der Waals surface area contributed by atoms with E-state index in [1.807, 2.05) is 30.3 Å². The summed E-state index contributed by atoms with van der Waals surface area (Å²) in [6.45, 7) is 4.32. The number of carbonyl (C=O) groups excluding carboxylic acids is 1. The number of hydrogen-bond donors (Lipinski definition) is 2. The Hall–Kier alpha value is -1.98. The van der Waals surface area contributed by atoms with Crippen molar-refractivity contribution in [3.05, 3.63) is 36.5 Å². The number of hydrogen-bond acceptors (Lipinski definition) is 4. The Bertz CT molecular complexity index is 615. The number of fused-ring (bicyclic) bond motifs is 1. The first-order valence-corrected chi connectivity index (χ1v) is 7.39. The van der Waals surface area contributed by atoms with E-state index in [9.17, 15) is 4.79 Å². The Labute approximate surface area is 124 Å². The lowest BCUT2D eigenvalue weighted by atomic mass is 10.2. The minimum Gasteiger partial charge on any atom is -0.324 e. The maximum Gasteiger partial charge on any atom is 0.238 e. The van der Waals surface area contributed by atoms with Gasteiger partial charge < -0.3 is 10.6 Å². The van der Waals surface area contributed by atoms with Crippen molar-refractivity contribution >= 4 is 22.5 Å². The molecular weight excluding hydrogens is 264 g/mol. The summed E-state index contributed by atoms with van der Waals surface area (Å²) in [6.07, 6.45) is 2.85. The molecule has 0 radical (unpaired) electrons. The third-order valence-corrected chi connectivity index (χ3v) is 3.72. The largest absolute Gasteiger partial charge is 0.324 e. The SMILES string of the molecule is O=C(CN1CCCNCC1)Nc1cccc2ncccc12. The lowest BCUT2D eigenvalue weighted by molar-refractivity contribution is -0.117. The van der Waals surface area contributed by atoms with Gasteiger partial charge in [-0.3, -0.25) is 14.7 Å². The van der Waals surface area contributed by atoms with Gasteiger partial charge in [0.25, 0.3) is 0 Å². The van der Waals surface area contributed by atoms with Gasteiger partial charge in [0.15, 0.2) is 0 Å². The first-order valence-electron chi connectivity index (χ1n) is 7.39. The van der Waals surface area contributed by atoms with Gasteiger partial charge in [0.2, 0.25) is 5.91 Å². The fraction of sp³-hybridized carbons (Fsp3) is 0.375. The standard InChI is InChI=1S/C16H20N4O/c21-16(12-20-10-3-7-17-9-11-20)19-15-6-1-5-14-13(15)4-2-8-18-14/h1-2,4-6,8,17H,3,7,9-12H2,(H,19,21). The van der Waals surface area contributed by atoms with E-state index in [1.54, 1.807) is 6.20 Å². The fourth-order valence-corrected chi connectivity index (χ4v) is 2.66. The molecule has 1 saturated heterocycles. The van der Waals surface area contributed by atoms with E-state index in [4.69, 9.17) is 0 Å². The van der Waals surface area contributed by atoms with Crippen molar-refractivity contribution in [1.82, 2.24) is 15.2 Å². The number of benzene rings is 1. The Kier molecular flexibility index (Phi) is 4.43. The molecule has 0 spiro atoms. The highest BCUT2D eigenvalue weighted by Gasteiger charge is 2.13. The summed E-state index contributed by atoms with van der Waals surface area (Å²) in [7, 11) is 0. The van der Waals surface area contributed by atoms with E-state index in [2.05, 4.69) is 20.5 Å². The summed E-state index contributed by atoms with van der Waals surface area (Å²) in [6, 6.07) is 9.66. The topological polar surface area (TPSA) is 57.3 Å². The molecule has 0 bridgehead atoms. The Morgan fingerprint density at radius 1 is 1.24 bits per heavy atom. The van der Waals surface area contributed by atoms with Crippen LogP contribution in [0.15, 0.2) is 36.5 Å². The van der Waals surface area contributed by atoms with Crippen LogP contribution >= 0.6 is 0 Å². The number of carbonyl (C=O) groups is 1. The van der Waals surface area contributed by atoms with E-state index in [0.717, 1.165) is 49.2 Å². The van der Waals surface area contributed by atoms with Crippen molar-refractivity contribution < 1.29 is 4.79 Å². The summed E-state index contributed by atoms with van der Waals surface area (Å²) in [4.78, 5) is 18.7. The van der Waals surface area contributed by atoms with E-state index in [-0.39, 0.29) is 5.91 Å². The number of pyridine rings is 1. The molecule has 0 saturated carbocycles.